The van der Waals surface area contributed by atoms with E-state index in [0.717, 1.165) is 10.9 Å². The molecule has 2 N–H and O–H groups in total. The molecule has 0 atom stereocenters. The summed E-state index contributed by atoms with van der Waals surface area (Å²) in [5, 5.41) is 4.43. The molecule has 2 heterocycles. The minimum Gasteiger partial charge on any atom is -0.351 e. The number of nitrogens with one attached hydrogen (secondary N) is 2. The zero-order valence-electron chi connectivity index (χ0n) is 12.1. The number of rotatable bonds is 2. The molecule has 3 rings (SSSR count). The lowest BCUT2D eigenvalue weighted by Gasteiger charge is -2.04. The van der Waals surface area contributed by atoms with Crippen LogP contribution in [0.4, 0.5) is 0 Å². The Morgan fingerprint density at radius 3 is 2.64 bits per heavy atom. The van der Waals surface area contributed by atoms with Gasteiger partial charge in [-0.2, -0.15) is 0 Å². The summed E-state index contributed by atoms with van der Waals surface area (Å²) in [6.45, 7) is 1.70. The van der Waals surface area contributed by atoms with E-state index >= 15 is 0 Å². The predicted octanol–water partition coefficient (Wildman–Crippen LogP) is 1.55. The van der Waals surface area contributed by atoms with Crippen LogP contribution < -0.4 is 10.9 Å². The minimum absolute atomic E-state index is 0.0377. The zero-order valence-corrected chi connectivity index (χ0v) is 12.1. The second-order valence-corrected chi connectivity index (χ2v) is 4.91. The third kappa shape index (κ3) is 2.44. The molecule has 0 spiro atoms. The van der Waals surface area contributed by atoms with Gasteiger partial charge in [0.2, 0.25) is 5.76 Å². The number of nitrogens with zero attached hydrogens (tertiary/aromatic N) is 2. The minimum atomic E-state index is -0.561. The van der Waals surface area contributed by atoms with E-state index in [0.29, 0.717) is 11.3 Å². The number of aryl methyl sites for hydroxylation is 2. The highest BCUT2D eigenvalue weighted by Gasteiger charge is 2.16. The number of amides is 2. The van der Waals surface area contributed by atoms with E-state index in [1.54, 1.807) is 13.1 Å². The second kappa shape index (κ2) is 5.36. The van der Waals surface area contributed by atoms with Crippen molar-refractivity contribution in [2.45, 2.75) is 6.92 Å². The average Bonchev–Trinajstić information content (AvgIpc) is 3.09. The highest BCUT2D eigenvalue weighted by atomic mass is 16.5. The highest BCUT2D eigenvalue weighted by Crippen LogP contribution is 2.19. The monoisotopic (exact) mass is 298 g/mol. The smallest absolute Gasteiger partial charge is 0.308 e. The Hall–Kier alpha value is -3.09. The molecule has 0 aliphatic carbocycles. The van der Waals surface area contributed by atoms with E-state index in [4.69, 9.17) is 4.52 Å². The molecule has 112 valence electrons. The summed E-state index contributed by atoms with van der Waals surface area (Å²) in [5.74, 6) is -0.925. The maximum atomic E-state index is 12.2. The first-order valence-corrected chi connectivity index (χ1v) is 6.64. The molecule has 0 bridgehead atoms. The number of fused-ring (bicyclic) bond motifs is 1. The number of hydrazine groups is 1. The number of carbonyl (C=O) groups excluding carboxylic acids is 2. The van der Waals surface area contributed by atoms with Gasteiger partial charge >= 0.3 is 5.91 Å². The van der Waals surface area contributed by atoms with Crippen molar-refractivity contribution in [3.8, 4) is 0 Å². The van der Waals surface area contributed by atoms with E-state index < -0.39 is 11.8 Å². The van der Waals surface area contributed by atoms with Gasteiger partial charge in [0.25, 0.3) is 5.91 Å². The van der Waals surface area contributed by atoms with Crippen molar-refractivity contribution >= 4 is 22.7 Å². The Labute approximate surface area is 125 Å². The summed E-state index contributed by atoms with van der Waals surface area (Å²) in [4.78, 5) is 24.0. The van der Waals surface area contributed by atoms with Gasteiger partial charge in [-0.3, -0.25) is 20.4 Å². The molecule has 7 heteroatoms. The van der Waals surface area contributed by atoms with Crippen molar-refractivity contribution in [2.75, 3.05) is 0 Å². The van der Waals surface area contributed by atoms with Gasteiger partial charge in [-0.15, -0.1) is 0 Å². The van der Waals surface area contributed by atoms with Crippen LogP contribution in [0.1, 0.15) is 26.6 Å². The van der Waals surface area contributed by atoms with Crippen LogP contribution in [-0.4, -0.2) is 21.5 Å². The van der Waals surface area contributed by atoms with Crippen molar-refractivity contribution < 1.29 is 14.1 Å². The van der Waals surface area contributed by atoms with Crippen LogP contribution >= 0.6 is 0 Å². The molecule has 0 fully saturated rings. The van der Waals surface area contributed by atoms with E-state index in [-0.39, 0.29) is 5.76 Å². The van der Waals surface area contributed by atoms with Crippen LogP contribution in [0, 0.1) is 6.92 Å². The van der Waals surface area contributed by atoms with Gasteiger partial charge in [0.15, 0.2) is 0 Å². The van der Waals surface area contributed by atoms with E-state index in [2.05, 4.69) is 16.0 Å². The molecule has 7 nitrogen and oxygen atoms in total. The van der Waals surface area contributed by atoms with Gasteiger partial charge in [0.1, 0.15) is 0 Å². The molecule has 1 aromatic carbocycles. The van der Waals surface area contributed by atoms with Gasteiger partial charge in [0.05, 0.1) is 11.3 Å². The number of carbonyl (C=O) groups is 2. The van der Waals surface area contributed by atoms with Gasteiger partial charge in [-0.1, -0.05) is 23.4 Å². The summed E-state index contributed by atoms with van der Waals surface area (Å²) in [6.07, 6.45) is 1.71. The first-order valence-electron chi connectivity index (χ1n) is 6.64. The third-order valence-corrected chi connectivity index (χ3v) is 3.28. The van der Waals surface area contributed by atoms with Crippen molar-refractivity contribution in [1.29, 1.82) is 0 Å². The molecule has 0 aliphatic rings. The van der Waals surface area contributed by atoms with Crippen LogP contribution in [0.25, 0.3) is 10.9 Å². The largest absolute Gasteiger partial charge is 0.351 e. The fourth-order valence-electron chi connectivity index (χ4n) is 2.24. The van der Waals surface area contributed by atoms with Crippen LogP contribution in [0.5, 0.6) is 0 Å². The van der Waals surface area contributed by atoms with Crippen LogP contribution in [0.3, 0.4) is 0 Å². The standard InChI is InChI=1S/C15H14N4O3/c1-9-7-13(22-18-9)15(21)17-16-14(20)11-8-19(2)12-6-4-3-5-10(11)12/h3-8H,1-2H3,(H,16,20)(H,17,21). The quantitative estimate of drug-likeness (QED) is 0.702. The number of hydrogen-bond acceptors (Lipinski definition) is 4. The number of benzene rings is 1. The van der Waals surface area contributed by atoms with E-state index in [1.165, 1.54) is 6.07 Å². The highest BCUT2D eigenvalue weighted by molar-refractivity contribution is 6.07. The lowest BCUT2D eigenvalue weighted by Crippen LogP contribution is -2.41. The lowest BCUT2D eigenvalue weighted by molar-refractivity contribution is 0.0826. The molecule has 0 radical (unpaired) electrons. The molecule has 0 aliphatic heterocycles. The Bertz CT molecular complexity index is 863. The number of aromatic nitrogens is 2. The van der Waals surface area contributed by atoms with Gasteiger partial charge < -0.3 is 9.09 Å². The Morgan fingerprint density at radius 2 is 1.91 bits per heavy atom. The molecule has 0 unspecified atom stereocenters. The van der Waals surface area contributed by atoms with Gasteiger partial charge in [0, 0.05) is 30.2 Å². The Morgan fingerprint density at radius 1 is 1.18 bits per heavy atom. The maximum absolute atomic E-state index is 12.2. The van der Waals surface area contributed by atoms with E-state index in [9.17, 15) is 9.59 Å². The van der Waals surface area contributed by atoms with Gasteiger partial charge in [-0.25, -0.2) is 0 Å². The van der Waals surface area contributed by atoms with Crippen molar-refractivity contribution in [3.63, 3.8) is 0 Å². The van der Waals surface area contributed by atoms with E-state index in [1.807, 2.05) is 35.9 Å². The Kier molecular flexibility index (Phi) is 3.38. The molecule has 22 heavy (non-hydrogen) atoms. The molecule has 2 amide bonds. The first-order chi connectivity index (χ1) is 10.6. The average molecular weight is 298 g/mol. The fourth-order valence-corrected chi connectivity index (χ4v) is 2.24. The molecule has 3 aromatic rings. The second-order valence-electron chi connectivity index (χ2n) is 4.91. The SMILES string of the molecule is Cc1cc(C(=O)NNC(=O)c2cn(C)c3ccccc23)on1. The van der Waals surface area contributed by atoms with Crippen LogP contribution in [0.2, 0.25) is 0 Å². The number of hydrogen-bond donors (Lipinski definition) is 2. The van der Waals surface area contributed by atoms with Crippen molar-refractivity contribution in [1.82, 2.24) is 20.6 Å². The first kappa shape index (κ1) is 13.9. The summed E-state index contributed by atoms with van der Waals surface area (Å²) >= 11 is 0. The van der Waals surface area contributed by atoms with Crippen molar-refractivity contribution in [3.05, 3.63) is 53.5 Å². The number of para-hydroxylation sites is 1. The Balaban J connectivity index is 1.75. The molecular formula is C15H14N4O3. The summed E-state index contributed by atoms with van der Waals surface area (Å²) in [5.41, 5.74) is 6.68. The lowest BCUT2D eigenvalue weighted by atomic mass is 10.2. The topological polar surface area (TPSA) is 89.2 Å². The predicted molar refractivity (Wildman–Crippen MR) is 79.1 cm³/mol. The third-order valence-electron chi connectivity index (χ3n) is 3.28. The summed E-state index contributed by atoms with van der Waals surface area (Å²) in [6, 6.07) is 9.01. The van der Waals surface area contributed by atoms with Gasteiger partial charge in [-0.05, 0) is 13.0 Å². The molecule has 0 saturated heterocycles. The molecular weight excluding hydrogens is 284 g/mol. The van der Waals surface area contributed by atoms with Crippen LogP contribution in [0.15, 0.2) is 41.1 Å². The fraction of sp³-hybridized carbons (Fsp3) is 0.133. The molecule has 2 aromatic heterocycles. The maximum Gasteiger partial charge on any atom is 0.308 e. The van der Waals surface area contributed by atoms with Crippen molar-refractivity contribution in [2.24, 2.45) is 7.05 Å². The normalized spacial score (nSPS) is 10.6. The summed E-state index contributed by atoms with van der Waals surface area (Å²) < 4.78 is 6.67. The van der Waals surface area contributed by atoms with Crippen LogP contribution in [-0.2, 0) is 7.05 Å². The summed E-state index contributed by atoms with van der Waals surface area (Å²) in [7, 11) is 1.86. The molecule has 0 saturated carbocycles. The zero-order chi connectivity index (χ0) is 15.7.